The van der Waals surface area contributed by atoms with E-state index < -0.39 is 29.4 Å². The maximum absolute atomic E-state index is 14.8. The molecule has 1 atom stereocenters. The van der Waals surface area contributed by atoms with Crippen LogP contribution >= 0.6 is 34.8 Å². The van der Waals surface area contributed by atoms with Crippen LogP contribution < -0.4 is 5.32 Å². The predicted molar refractivity (Wildman–Crippen MR) is 114 cm³/mol. The molecule has 0 spiro atoms. The van der Waals surface area contributed by atoms with Crippen molar-refractivity contribution in [3.63, 3.8) is 0 Å². The fourth-order valence-corrected chi connectivity index (χ4v) is 3.72. The van der Waals surface area contributed by atoms with Gasteiger partial charge in [0.05, 0.1) is 15.1 Å². The second-order valence-electron chi connectivity index (χ2n) is 7.37. The van der Waals surface area contributed by atoms with Gasteiger partial charge in [-0.15, -0.1) is 0 Å². The molecular formula is C21H16Cl3F4NO2. The molecule has 1 aliphatic carbocycles. The number of aliphatic carboxylic acids is 1. The summed E-state index contributed by atoms with van der Waals surface area (Å²) in [6.07, 6.45) is -3.46. The Morgan fingerprint density at radius 3 is 2.19 bits per heavy atom. The van der Waals surface area contributed by atoms with Crippen molar-refractivity contribution < 1.29 is 27.5 Å². The number of aryl methyl sites for hydroxylation is 1. The standard InChI is InChI=1S/C21H16Cl3F4NO2/c1-10-6-11(2-3-17(10)29-20(4-5-20)19(30)31)16(25)9-13(21(26,27)28)12-7-14(22)18(24)15(23)8-12/h2-3,6-9,13,29H,4-5H2,1H3,(H,30,31)/b16-9-. The highest BCUT2D eigenvalue weighted by Gasteiger charge is 2.50. The number of benzene rings is 2. The first kappa shape index (κ1) is 23.7. The molecule has 1 unspecified atom stereocenters. The third-order valence-electron chi connectivity index (χ3n) is 5.07. The largest absolute Gasteiger partial charge is 0.480 e. The fraction of sp³-hybridized carbons (Fsp3) is 0.286. The first-order chi connectivity index (χ1) is 14.3. The van der Waals surface area contributed by atoms with Crippen LogP contribution in [0.1, 0.15) is 35.4 Å². The molecule has 1 aliphatic rings. The monoisotopic (exact) mass is 495 g/mol. The third-order valence-corrected chi connectivity index (χ3v) is 6.26. The third kappa shape index (κ3) is 5.10. The van der Waals surface area contributed by atoms with Crippen LogP contribution in [0, 0.1) is 6.92 Å². The average molecular weight is 497 g/mol. The average Bonchev–Trinajstić information content (AvgIpc) is 3.45. The van der Waals surface area contributed by atoms with E-state index in [1.165, 1.54) is 18.2 Å². The molecule has 0 amide bonds. The van der Waals surface area contributed by atoms with Crippen LogP contribution in [0.4, 0.5) is 23.2 Å². The molecule has 0 aromatic heterocycles. The fourth-order valence-electron chi connectivity index (χ4n) is 3.10. The molecule has 2 N–H and O–H groups in total. The molecule has 31 heavy (non-hydrogen) atoms. The van der Waals surface area contributed by atoms with Gasteiger partial charge in [0.2, 0.25) is 0 Å². The van der Waals surface area contributed by atoms with Crippen molar-refractivity contribution in [1.29, 1.82) is 0 Å². The van der Waals surface area contributed by atoms with E-state index in [0.717, 1.165) is 12.1 Å². The van der Waals surface area contributed by atoms with Crippen LogP contribution in [-0.4, -0.2) is 22.8 Å². The van der Waals surface area contributed by atoms with E-state index in [-0.39, 0.29) is 26.2 Å². The number of anilines is 1. The van der Waals surface area contributed by atoms with Gasteiger partial charge in [-0.3, -0.25) is 0 Å². The van der Waals surface area contributed by atoms with Gasteiger partial charge in [-0.2, -0.15) is 13.2 Å². The molecule has 1 saturated carbocycles. The van der Waals surface area contributed by atoms with Crippen LogP contribution in [0.5, 0.6) is 0 Å². The molecule has 2 aromatic carbocycles. The van der Waals surface area contributed by atoms with Crippen molar-refractivity contribution in [2.24, 2.45) is 0 Å². The lowest BCUT2D eigenvalue weighted by molar-refractivity contribution is -0.140. The maximum Gasteiger partial charge on any atom is 0.399 e. The van der Waals surface area contributed by atoms with Crippen molar-refractivity contribution in [3.8, 4) is 0 Å². The Balaban J connectivity index is 1.93. The van der Waals surface area contributed by atoms with Gasteiger partial charge in [-0.25, -0.2) is 9.18 Å². The Labute approximate surface area is 190 Å². The molecule has 0 bridgehead atoms. The normalized spacial score (nSPS) is 16.7. The van der Waals surface area contributed by atoms with Crippen LogP contribution in [-0.2, 0) is 4.79 Å². The van der Waals surface area contributed by atoms with Crippen molar-refractivity contribution in [3.05, 3.63) is 68.2 Å². The molecule has 1 fully saturated rings. The summed E-state index contributed by atoms with van der Waals surface area (Å²) in [5.41, 5.74) is -0.512. The van der Waals surface area contributed by atoms with Gasteiger partial charge >= 0.3 is 12.1 Å². The molecule has 10 heteroatoms. The van der Waals surface area contributed by atoms with Gasteiger partial charge in [0.15, 0.2) is 0 Å². The molecule has 0 radical (unpaired) electrons. The van der Waals surface area contributed by atoms with Gasteiger partial charge < -0.3 is 10.4 Å². The van der Waals surface area contributed by atoms with Crippen LogP contribution in [0.25, 0.3) is 5.83 Å². The van der Waals surface area contributed by atoms with E-state index in [2.05, 4.69) is 5.32 Å². The topological polar surface area (TPSA) is 49.3 Å². The van der Waals surface area contributed by atoms with Crippen LogP contribution in [0.3, 0.4) is 0 Å². The maximum atomic E-state index is 14.8. The van der Waals surface area contributed by atoms with Crippen molar-refractivity contribution in [2.45, 2.75) is 37.4 Å². The number of allylic oxidation sites excluding steroid dienone is 1. The Morgan fingerprint density at radius 1 is 1.16 bits per heavy atom. The zero-order valence-corrected chi connectivity index (χ0v) is 18.2. The lowest BCUT2D eigenvalue weighted by Crippen LogP contribution is -2.31. The van der Waals surface area contributed by atoms with E-state index in [9.17, 15) is 27.5 Å². The number of alkyl halides is 3. The lowest BCUT2D eigenvalue weighted by Gasteiger charge is -2.19. The molecule has 0 aliphatic heterocycles. The first-order valence-corrected chi connectivity index (χ1v) is 10.2. The van der Waals surface area contributed by atoms with Crippen molar-refractivity contribution in [2.75, 3.05) is 5.32 Å². The molecule has 3 nitrogen and oxygen atoms in total. The smallest absolute Gasteiger partial charge is 0.399 e. The van der Waals surface area contributed by atoms with Crippen molar-refractivity contribution in [1.82, 2.24) is 0 Å². The van der Waals surface area contributed by atoms with Gasteiger partial charge in [0, 0.05) is 11.3 Å². The van der Waals surface area contributed by atoms with Crippen LogP contribution in [0.2, 0.25) is 15.1 Å². The number of carboxylic acids is 1. The summed E-state index contributed by atoms with van der Waals surface area (Å²) >= 11 is 17.5. The molecule has 0 heterocycles. The summed E-state index contributed by atoms with van der Waals surface area (Å²) in [7, 11) is 0. The number of halogens is 7. The number of rotatable bonds is 6. The molecular weight excluding hydrogens is 481 g/mol. The Kier molecular flexibility index (Phi) is 6.52. The minimum absolute atomic E-state index is 0.0800. The highest BCUT2D eigenvalue weighted by Crippen LogP contribution is 2.43. The minimum atomic E-state index is -4.81. The second-order valence-corrected chi connectivity index (χ2v) is 8.57. The number of hydrogen-bond donors (Lipinski definition) is 2. The molecule has 0 saturated heterocycles. The van der Waals surface area contributed by atoms with Crippen LogP contribution in [0.15, 0.2) is 36.4 Å². The zero-order chi connectivity index (χ0) is 23.1. The van der Waals surface area contributed by atoms with Gasteiger partial charge in [0.1, 0.15) is 17.3 Å². The second kappa shape index (κ2) is 8.52. The number of carbonyl (C=O) groups is 1. The highest BCUT2D eigenvalue weighted by atomic mass is 35.5. The first-order valence-electron chi connectivity index (χ1n) is 9.05. The Hall–Kier alpha value is -1.96. The zero-order valence-electron chi connectivity index (χ0n) is 16.0. The lowest BCUT2D eigenvalue weighted by atomic mass is 9.96. The van der Waals surface area contributed by atoms with E-state index in [0.29, 0.717) is 30.2 Å². The summed E-state index contributed by atoms with van der Waals surface area (Å²) < 4.78 is 55.8. The SMILES string of the molecule is Cc1cc(/C(F)=C/C(c2cc(Cl)c(Cl)c(Cl)c2)C(F)(F)F)ccc1NC1(C(=O)O)CC1. The number of hydrogen-bond acceptors (Lipinski definition) is 2. The molecule has 3 rings (SSSR count). The molecule has 166 valence electrons. The molecule has 2 aromatic rings. The summed E-state index contributed by atoms with van der Waals surface area (Å²) in [5.74, 6) is -4.39. The van der Waals surface area contributed by atoms with Gasteiger partial charge in [-0.1, -0.05) is 34.8 Å². The predicted octanol–water partition coefficient (Wildman–Crippen LogP) is 7.64. The van der Waals surface area contributed by atoms with E-state index in [1.807, 2.05) is 0 Å². The summed E-state index contributed by atoms with van der Waals surface area (Å²) in [5, 5.41) is 11.7. The van der Waals surface area contributed by atoms with E-state index in [4.69, 9.17) is 34.8 Å². The number of nitrogens with one attached hydrogen (secondary N) is 1. The van der Waals surface area contributed by atoms with Gasteiger partial charge in [0.25, 0.3) is 0 Å². The Morgan fingerprint density at radius 2 is 1.74 bits per heavy atom. The minimum Gasteiger partial charge on any atom is -0.480 e. The summed E-state index contributed by atoms with van der Waals surface area (Å²) in [6.45, 7) is 1.61. The Bertz CT molecular complexity index is 1040. The summed E-state index contributed by atoms with van der Waals surface area (Å²) in [6, 6.07) is 6.07. The number of carboxylic acid groups (broad SMARTS) is 1. The van der Waals surface area contributed by atoms with E-state index >= 15 is 0 Å². The van der Waals surface area contributed by atoms with E-state index in [1.54, 1.807) is 6.92 Å². The van der Waals surface area contributed by atoms with Gasteiger partial charge in [-0.05, 0) is 67.3 Å². The quantitative estimate of drug-likeness (QED) is 0.319. The van der Waals surface area contributed by atoms with Crippen molar-refractivity contribution >= 4 is 52.3 Å². The highest BCUT2D eigenvalue weighted by molar-refractivity contribution is 6.48. The summed E-state index contributed by atoms with van der Waals surface area (Å²) in [4.78, 5) is 11.3.